The van der Waals surface area contributed by atoms with Crippen molar-refractivity contribution in [3.63, 3.8) is 0 Å². The highest BCUT2D eigenvalue weighted by atomic mass is 16.5. The van der Waals surface area contributed by atoms with Gasteiger partial charge in [-0.3, -0.25) is 0 Å². The van der Waals surface area contributed by atoms with Crippen LogP contribution >= 0.6 is 0 Å². The lowest BCUT2D eigenvalue weighted by Gasteiger charge is -2.20. The summed E-state index contributed by atoms with van der Waals surface area (Å²) in [5.41, 5.74) is 1.63. The molecule has 0 radical (unpaired) electrons. The maximum atomic E-state index is 9.25. The van der Waals surface area contributed by atoms with Gasteiger partial charge in [-0.1, -0.05) is 30.3 Å². The van der Waals surface area contributed by atoms with Gasteiger partial charge in [0, 0.05) is 19.8 Å². The lowest BCUT2D eigenvalue weighted by molar-refractivity contribution is 0.413. The zero-order chi connectivity index (χ0) is 13.7. The third-order valence-electron chi connectivity index (χ3n) is 2.85. The molecule has 0 bridgehead atoms. The van der Waals surface area contributed by atoms with Gasteiger partial charge in [0.2, 0.25) is 0 Å². The molecule has 2 aromatic rings. The van der Waals surface area contributed by atoms with Gasteiger partial charge in [-0.2, -0.15) is 5.26 Å². The topological polar surface area (TPSA) is 49.1 Å². The number of hydrogen-bond donors (Lipinski definition) is 0. The number of anilines is 1. The van der Waals surface area contributed by atoms with E-state index in [9.17, 15) is 5.26 Å². The molecule has 0 aliphatic rings. The Morgan fingerprint density at radius 2 is 2.00 bits per heavy atom. The molecular formula is C15H15N3O. The van der Waals surface area contributed by atoms with Crippen molar-refractivity contribution in [1.29, 1.82) is 5.26 Å². The van der Waals surface area contributed by atoms with Gasteiger partial charge in [0.15, 0.2) is 0 Å². The van der Waals surface area contributed by atoms with E-state index in [1.54, 1.807) is 19.4 Å². The SMILES string of the molecule is COc1ccnc(N(C)Cc2ccccc2)c1C#N. The minimum atomic E-state index is 0.462. The maximum Gasteiger partial charge on any atom is 0.150 e. The molecule has 4 nitrogen and oxygen atoms in total. The summed E-state index contributed by atoms with van der Waals surface area (Å²) >= 11 is 0. The minimum absolute atomic E-state index is 0.462. The average Bonchev–Trinajstić information content (AvgIpc) is 2.47. The summed E-state index contributed by atoms with van der Waals surface area (Å²) in [6.45, 7) is 0.690. The molecule has 0 aliphatic carbocycles. The average molecular weight is 253 g/mol. The highest BCUT2D eigenvalue weighted by molar-refractivity contribution is 5.60. The second-order valence-electron chi connectivity index (χ2n) is 4.17. The van der Waals surface area contributed by atoms with E-state index in [1.165, 1.54) is 5.56 Å². The predicted octanol–water partition coefficient (Wildman–Crippen LogP) is 2.60. The first-order chi connectivity index (χ1) is 9.26. The summed E-state index contributed by atoms with van der Waals surface area (Å²) in [5, 5.41) is 9.25. The van der Waals surface area contributed by atoms with Crippen LogP contribution in [0.3, 0.4) is 0 Å². The molecule has 0 fully saturated rings. The highest BCUT2D eigenvalue weighted by Crippen LogP contribution is 2.26. The van der Waals surface area contributed by atoms with E-state index in [0.717, 1.165) is 0 Å². The Morgan fingerprint density at radius 3 is 2.63 bits per heavy atom. The molecule has 0 aliphatic heterocycles. The van der Waals surface area contributed by atoms with E-state index in [2.05, 4.69) is 11.1 Å². The van der Waals surface area contributed by atoms with Crippen LogP contribution in [0.15, 0.2) is 42.6 Å². The van der Waals surface area contributed by atoms with E-state index >= 15 is 0 Å². The zero-order valence-corrected chi connectivity index (χ0v) is 11.0. The van der Waals surface area contributed by atoms with Crippen LogP contribution in [0.4, 0.5) is 5.82 Å². The maximum absolute atomic E-state index is 9.25. The number of benzene rings is 1. The largest absolute Gasteiger partial charge is 0.495 e. The first kappa shape index (κ1) is 12.9. The molecule has 1 heterocycles. The number of nitrogens with zero attached hydrogens (tertiary/aromatic N) is 3. The molecule has 0 amide bonds. The van der Waals surface area contributed by atoms with Crippen molar-refractivity contribution < 1.29 is 4.74 Å². The Balaban J connectivity index is 2.29. The van der Waals surface area contributed by atoms with Crippen molar-refractivity contribution in [1.82, 2.24) is 4.98 Å². The van der Waals surface area contributed by atoms with Gasteiger partial charge >= 0.3 is 0 Å². The van der Waals surface area contributed by atoms with E-state index in [1.807, 2.05) is 42.3 Å². The lowest BCUT2D eigenvalue weighted by atomic mass is 10.2. The number of nitriles is 1. The number of hydrogen-bond acceptors (Lipinski definition) is 4. The molecule has 1 aromatic heterocycles. The number of methoxy groups -OCH3 is 1. The third kappa shape index (κ3) is 2.83. The van der Waals surface area contributed by atoms with Crippen LogP contribution in [0.2, 0.25) is 0 Å². The van der Waals surface area contributed by atoms with Gasteiger partial charge in [0.1, 0.15) is 23.2 Å². The summed E-state index contributed by atoms with van der Waals surface area (Å²) in [4.78, 5) is 6.22. The summed E-state index contributed by atoms with van der Waals surface area (Å²) in [6, 6.07) is 13.9. The van der Waals surface area contributed by atoms with E-state index in [0.29, 0.717) is 23.7 Å². The van der Waals surface area contributed by atoms with Crippen molar-refractivity contribution in [2.24, 2.45) is 0 Å². The van der Waals surface area contributed by atoms with Gasteiger partial charge in [-0.15, -0.1) is 0 Å². The molecular weight excluding hydrogens is 238 g/mol. The Hall–Kier alpha value is -2.54. The van der Waals surface area contributed by atoms with Gasteiger partial charge in [-0.05, 0) is 11.6 Å². The number of pyridine rings is 1. The first-order valence-corrected chi connectivity index (χ1v) is 5.94. The third-order valence-corrected chi connectivity index (χ3v) is 2.85. The minimum Gasteiger partial charge on any atom is -0.495 e. The van der Waals surface area contributed by atoms with Gasteiger partial charge in [0.05, 0.1) is 7.11 Å². The molecule has 0 spiro atoms. The fourth-order valence-corrected chi connectivity index (χ4v) is 1.93. The van der Waals surface area contributed by atoms with Crippen molar-refractivity contribution in [3.05, 3.63) is 53.7 Å². The highest BCUT2D eigenvalue weighted by Gasteiger charge is 2.13. The Kier molecular flexibility index (Phi) is 3.99. The second kappa shape index (κ2) is 5.87. The van der Waals surface area contributed by atoms with Crippen LogP contribution in [0.25, 0.3) is 0 Å². The molecule has 0 saturated heterocycles. The van der Waals surface area contributed by atoms with Gasteiger partial charge < -0.3 is 9.64 Å². The Bertz CT molecular complexity index is 590. The van der Waals surface area contributed by atoms with Crippen LogP contribution in [0.5, 0.6) is 5.75 Å². The van der Waals surface area contributed by atoms with Crippen LogP contribution < -0.4 is 9.64 Å². The van der Waals surface area contributed by atoms with Crippen molar-refractivity contribution in [2.45, 2.75) is 6.54 Å². The molecule has 0 saturated carbocycles. The van der Waals surface area contributed by atoms with Crippen LogP contribution in [0, 0.1) is 11.3 Å². The summed E-state index contributed by atoms with van der Waals surface area (Å²) in [6.07, 6.45) is 1.65. The van der Waals surface area contributed by atoms with E-state index in [-0.39, 0.29) is 0 Å². The quantitative estimate of drug-likeness (QED) is 0.840. The first-order valence-electron chi connectivity index (χ1n) is 5.94. The molecule has 1 aromatic carbocycles. The standard InChI is InChI=1S/C15H15N3O/c1-18(11-12-6-4-3-5-7-12)15-13(10-16)14(19-2)8-9-17-15/h3-9H,11H2,1-2H3. The molecule has 2 rings (SSSR count). The zero-order valence-electron chi connectivity index (χ0n) is 11.0. The van der Waals surface area contributed by atoms with E-state index in [4.69, 9.17) is 4.74 Å². The van der Waals surface area contributed by atoms with E-state index < -0.39 is 0 Å². The normalized spacial score (nSPS) is 9.74. The Labute approximate surface area is 112 Å². The van der Waals surface area contributed by atoms with Crippen molar-refractivity contribution in [3.8, 4) is 11.8 Å². The summed E-state index contributed by atoms with van der Waals surface area (Å²) < 4.78 is 5.19. The Morgan fingerprint density at radius 1 is 1.26 bits per heavy atom. The number of ether oxygens (including phenoxy) is 1. The van der Waals surface area contributed by atoms with Crippen molar-refractivity contribution in [2.75, 3.05) is 19.1 Å². The fourth-order valence-electron chi connectivity index (χ4n) is 1.93. The predicted molar refractivity (Wildman–Crippen MR) is 74.1 cm³/mol. The smallest absolute Gasteiger partial charge is 0.150 e. The summed E-state index contributed by atoms with van der Waals surface area (Å²) in [7, 11) is 3.47. The number of aromatic nitrogens is 1. The molecule has 0 atom stereocenters. The van der Waals surface area contributed by atoms with Crippen molar-refractivity contribution >= 4 is 5.82 Å². The monoisotopic (exact) mass is 253 g/mol. The van der Waals surface area contributed by atoms with Crippen LogP contribution in [0.1, 0.15) is 11.1 Å². The molecule has 4 heteroatoms. The van der Waals surface area contributed by atoms with Gasteiger partial charge in [0.25, 0.3) is 0 Å². The molecule has 0 unspecified atom stereocenters. The summed E-state index contributed by atoms with van der Waals surface area (Å²) in [5.74, 6) is 1.18. The molecule has 96 valence electrons. The van der Waals surface area contributed by atoms with Crippen LogP contribution in [-0.2, 0) is 6.54 Å². The fraction of sp³-hybridized carbons (Fsp3) is 0.200. The lowest BCUT2D eigenvalue weighted by Crippen LogP contribution is -2.19. The second-order valence-corrected chi connectivity index (χ2v) is 4.17. The van der Waals surface area contributed by atoms with Crippen LogP contribution in [-0.4, -0.2) is 19.1 Å². The van der Waals surface area contributed by atoms with Gasteiger partial charge in [-0.25, -0.2) is 4.98 Å². The molecule has 19 heavy (non-hydrogen) atoms. The number of rotatable bonds is 4. The molecule has 0 N–H and O–H groups in total.